The second kappa shape index (κ2) is 5.64. The zero-order valence-electron chi connectivity index (χ0n) is 12.4. The van der Waals surface area contributed by atoms with E-state index in [1.807, 2.05) is 19.2 Å². The largest absolute Gasteiger partial charge is 0.368 e. The Morgan fingerprint density at radius 1 is 1.29 bits per heavy atom. The second-order valence-corrected chi connectivity index (χ2v) is 8.67. The van der Waals surface area contributed by atoms with Crippen LogP contribution in [0.25, 0.3) is 0 Å². The molecular formula is C14H23N3O3S. The van der Waals surface area contributed by atoms with Crippen LogP contribution in [0.15, 0.2) is 23.4 Å². The maximum absolute atomic E-state index is 13.5. The summed E-state index contributed by atoms with van der Waals surface area (Å²) < 4.78 is 24.8. The molecule has 1 aromatic heterocycles. The average molecular weight is 313 g/mol. The topological polar surface area (TPSA) is 63.7 Å². The van der Waals surface area contributed by atoms with Crippen molar-refractivity contribution in [2.45, 2.75) is 18.2 Å². The molecule has 6 nitrogen and oxygen atoms in total. The third-order valence-corrected chi connectivity index (χ3v) is 7.45. The maximum Gasteiger partial charge on any atom is 0.115 e. The fraction of sp³-hybridized carbons (Fsp3) is 0.643. The van der Waals surface area contributed by atoms with Crippen molar-refractivity contribution in [3.05, 3.63) is 18.5 Å². The van der Waals surface area contributed by atoms with Gasteiger partial charge >= 0.3 is 0 Å². The number of nitrogens with zero attached hydrogens (tertiary/aromatic N) is 2. The standard InChI is InChI=1S/C14H23N3O3S/c1-2-9-21(18,19-7-8-20-21)14-10-13(11-16-12-14)17-5-3-15-4-6-17/h10-12,15H,2-9H2,1H3. The molecule has 0 saturated carbocycles. The van der Waals surface area contributed by atoms with E-state index < -0.39 is 9.63 Å². The predicted molar refractivity (Wildman–Crippen MR) is 82.8 cm³/mol. The van der Waals surface area contributed by atoms with Crippen LogP contribution in [0.3, 0.4) is 0 Å². The lowest BCUT2D eigenvalue weighted by molar-refractivity contribution is 0.364. The van der Waals surface area contributed by atoms with Crippen molar-refractivity contribution in [2.75, 3.05) is 50.0 Å². The number of piperazine rings is 1. The van der Waals surface area contributed by atoms with Gasteiger partial charge in [-0.2, -0.15) is 0 Å². The van der Waals surface area contributed by atoms with E-state index in [1.165, 1.54) is 0 Å². The zero-order chi connectivity index (χ0) is 14.8. The van der Waals surface area contributed by atoms with Crippen LogP contribution in [-0.4, -0.2) is 54.3 Å². The monoisotopic (exact) mass is 313 g/mol. The van der Waals surface area contributed by atoms with Gasteiger partial charge in [-0.3, -0.25) is 13.4 Å². The molecule has 3 heterocycles. The molecule has 2 aliphatic rings. The van der Waals surface area contributed by atoms with Crippen LogP contribution in [0.5, 0.6) is 0 Å². The first-order valence-corrected chi connectivity index (χ1v) is 9.50. The fourth-order valence-corrected chi connectivity index (χ4v) is 5.82. The molecule has 118 valence electrons. The minimum Gasteiger partial charge on any atom is -0.368 e. The first kappa shape index (κ1) is 14.9. The summed E-state index contributed by atoms with van der Waals surface area (Å²) >= 11 is 0. The molecule has 7 heteroatoms. The lowest BCUT2D eigenvalue weighted by Gasteiger charge is -2.37. The van der Waals surface area contributed by atoms with Gasteiger partial charge in [0.05, 0.1) is 35.7 Å². The summed E-state index contributed by atoms with van der Waals surface area (Å²) in [5, 5.41) is 3.32. The molecule has 1 N–H and O–H groups in total. The van der Waals surface area contributed by atoms with Gasteiger partial charge in [0, 0.05) is 32.4 Å². The molecule has 0 spiro atoms. The molecule has 0 aliphatic carbocycles. The van der Waals surface area contributed by atoms with Gasteiger partial charge in [0.1, 0.15) is 9.63 Å². The number of nitrogens with one attached hydrogen (secondary N) is 1. The van der Waals surface area contributed by atoms with Crippen molar-refractivity contribution in [3.8, 4) is 0 Å². The lowest BCUT2D eigenvalue weighted by Crippen LogP contribution is -2.44. The van der Waals surface area contributed by atoms with E-state index in [2.05, 4.69) is 15.2 Å². The third-order valence-electron chi connectivity index (χ3n) is 3.92. The number of anilines is 1. The highest BCUT2D eigenvalue weighted by Gasteiger charge is 2.44. The number of hydrogen-bond acceptors (Lipinski definition) is 6. The minimum atomic E-state index is -3.66. The molecule has 2 fully saturated rings. The van der Waals surface area contributed by atoms with Crippen molar-refractivity contribution >= 4 is 15.3 Å². The van der Waals surface area contributed by atoms with Gasteiger partial charge in [0.2, 0.25) is 0 Å². The van der Waals surface area contributed by atoms with E-state index >= 15 is 0 Å². The minimum absolute atomic E-state index is 0.378. The molecule has 3 rings (SSSR count). The summed E-state index contributed by atoms with van der Waals surface area (Å²) in [6, 6.07) is 1.92. The van der Waals surface area contributed by atoms with Gasteiger partial charge in [0.25, 0.3) is 0 Å². The summed E-state index contributed by atoms with van der Waals surface area (Å²) in [7, 11) is -3.66. The Balaban J connectivity index is 1.96. The van der Waals surface area contributed by atoms with Crippen LogP contribution in [0.2, 0.25) is 0 Å². The Morgan fingerprint density at radius 2 is 2.00 bits per heavy atom. The Morgan fingerprint density at radius 3 is 2.67 bits per heavy atom. The number of hydrogen-bond donors (Lipinski definition) is 1. The summed E-state index contributed by atoms with van der Waals surface area (Å²) in [5.41, 5.74) is 0.984. The Bertz CT molecular complexity index is 562. The van der Waals surface area contributed by atoms with Crippen LogP contribution >= 0.6 is 0 Å². The van der Waals surface area contributed by atoms with Crippen LogP contribution < -0.4 is 10.2 Å². The highest BCUT2D eigenvalue weighted by atomic mass is 32.3. The summed E-state index contributed by atoms with van der Waals surface area (Å²) in [6.45, 7) is 6.49. The fourth-order valence-electron chi connectivity index (χ4n) is 2.88. The van der Waals surface area contributed by atoms with E-state index in [4.69, 9.17) is 8.37 Å². The van der Waals surface area contributed by atoms with Gasteiger partial charge < -0.3 is 10.2 Å². The predicted octanol–water partition coefficient (Wildman–Crippen LogP) is 0.957. The zero-order valence-corrected chi connectivity index (χ0v) is 13.2. The molecule has 1 aromatic rings. The summed E-state index contributed by atoms with van der Waals surface area (Å²) in [4.78, 5) is 7.11. The van der Waals surface area contributed by atoms with E-state index in [-0.39, 0.29) is 0 Å². The number of aromatic nitrogens is 1. The van der Waals surface area contributed by atoms with Crippen molar-refractivity contribution in [2.24, 2.45) is 0 Å². The van der Waals surface area contributed by atoms with Crippen molar-refractivity contribution in [1.82, 2.24) is 10.3 Å². The van der Waals surface area contributed by atoms with Crippen LogP contribution in [0.1, 0.15) is 13.3 Å². The molecular weight excluding hydrogens is 290 g/mol. The number of pyridine rings is 1. The van der Waals surface area contributed by atoms with Crippen LogP contribution in [0.4, 0.5) is 5.69 Å². The van der Waals surface area contributed by atoms with Crippen LogP contribution in [0, 0.1) is 0 Å². The van der Waals surface area contributed by atoms with Crippen molar-refractivity contribution < 1.29 is 12.6 Å². The Hall–Kier alpha value is -1.02. The van der Waals surface area contributed by atoms with Gasteiger partial charge in [-0.1, -0.05) is 6.92 Å². The molecule has 0 bridgehead atoms. The normalized spacial score (nSPS) is 26.1. The molecule has 2 aliphatic heterocycles. The molecule has 0 radical (unpaired) electrons. The highest BCUT2D eigenvalue weighted by Crippen LogP contribution is 2.43. The molecule has 0 aromatic carbocycles. The van der Waals surface area contributed by atoms with E-state index in [0.29, 0.717) is 23.9 Å². The van der Waals surface area contributed by atoms with Crippen LogP contribution in [-0.2, 0) is 18.0 Å². The SMILES string of the molecule is CCCS1(=O)(c2cncc(N3CCNCC3)c2)OCCO1. The molecule has 0 amide bonds. The summed E-state index contributed by atoms with van der Waals surface area (Å²) in [5.74, 6) is 0.393. The smallest absolute Gasteiger partial charge is 0.115 e. The van der Waals surface area contributed by atoms with E-state index in [0.717, 1.165) is 38.3 Å². The Labute approximate surface area is 125 Å². The lowest BCUT2D eigenvalue weighted by atomic mass is 10.3. The second-order valence-electron chi connectivity index (χ2n) is 5.42. The van der Waals surface area contributed by atoms with Gasteiger partial charge in [-0.05, 0) is 12.5 Å². The maximum atomic E-state index is 13.5. The molecule has 0 atom stereocenters. The van der Waals surface area contributed by atoms with Gasteiger partial charge in [-0.25, -0.2) is 4.21 Å². The Kier molecular flexibility index (Phi) is 4.00. The average Bonchev–Trinajstić information content (AvgIpc) is 2.93. The summed E-state index contributed by atoms with van der Waals surface area (Å²) in [6.07, 6.45) is 4.18. The number of rotatable bonds is 4. The van der Waals surface area contributed by atoms with Gasteiger partial charge in [-0.15, -0.1) is 0 Å². The van der Waals surface area contributed by atoms with E-state index in [9.17, 15) is 4.21 Å². The van der Waals surface area contributed by atoms with Gasteiger partial charge in [0.15, 0.2) is 0 Å². The first-order valence-electron chi connectivity index (χ1n) is 7.51. The first-order chi connectivity index (χ1) is 10.1. The quantitative estimate of drug-likeness (QED) is 0.893. The van der Waals surface area contributed by atoms with Crippen molar-refractivity contribution in [1.29, 1.82) is 0 Å². The third kappa shape index (κ3) is 2.70. The van der Waals surface area contributed by atoms with Crippen molar-refractivity contribution in [3.63, 3.8) is 0 Å². The molecule has 2 saturated heterocycles. The molecule has 0 unspecified atom stereocenters. The highest BCUT2D eigenvalue weighted by molar-refractivity contribution is 8.12. The van der Waals surface area contributed by atoms with E-state index in [1.54, 1.807) is 6.20 Å². The molecule has 21 heavy (non-hydrogen) atoms.